The Kier molecular flexibility index (Phi) is 4.00. The van der Waals surface area contributed by atoms with Gasteiger partial charge in [0.2, 0.25) is 5.91 Å². The van der Waals surface area contributed by atoms with E-state index in [2.05, 4.69) is 33.4 Å². The Labute approximate surface area is 110 Å². The Morgan fingerprint density at radius 3 is 2.88 bits per heavy atom. The lowest BCUT2D eigenvalue weighted by molar-refractivity contribution is -0.120. The van der Waals surface area contributed by atoms with E-state index >= 15 is 0 Å². The molecule has 1 aromatic rings. The van der Waals surface area contributed by atoms with Gasteiger partial charge in [-0.1, -0.05) is 28.1 Å². The normalized spacial score (nSPS) is 19.1. The molecule has 17 heavy (non-hydrogen) atoms. The molecule has 1 aliphatic rings. The summed E-state index contributed by atoms with van der Waals surface area (Å²) in [5.74, 6) is 0.266. The highest BCUT2D eigenvalue weighted by Gasteiger charge is 2.18. The van der Waals surface area contributed by atoms with E-state index in [1.807, 2.05) is 25.1 Å². The Hall–Kier alpha value is -1.09. The molecule has 0 bridgehead atoms. The van der Waals surface area contributed by atoms with Gasteiger partial charge in [0.25, 0.3) is 0 Å². The second kappa shape index (κ2) is 5.50. The maximum atomic E-state index is 12.0. The Morgan fingerprint density at radius 2 is 2.24 bits per heavy atom. The van der Waals surface area contributed by atoms with Gasteiger partial charge in [0.05, 0.1) is 0 Å². The summed E-state index contributed by atoms with van der Waals surface area (Å²) in [5.41, 5.74) is 1.99. The van der Waals surface area contributed by atoms with Crippen LogP contribution in [0, 0.1) is 12.8 Å². The number of carbonyl (C=O) groups is 1. The van der Waals surface area contributed by atoms with E-state index in [-0.39, 0.29) is 11.8 Å². The van der Waals surface area contributed by atoms with Gasteiger partial charge in [-0.25, -0.2) is 0 Å². The molecule has 1 aromatic carbocycles. The van der Waals surface area contributed by atoms with Crippen LogP contribution in [-0.2, 0) is 4.79 Å². The topological polar surface area (TPSA) is 29.1 Å². The third kappa shape index (κ3) is 3.19. The highest BCUT2D eigenvalue weighted by Crippen LogP contribution is 2.23. The molecule has 0 spiro atoms. The number of allylic oxidation sites excluding steroid dienone is 2. The van der Waals surface area contributed by atoms with Crippen molar-refractivity contribution >= 4 is 27.5 Å². The second-order valence-corrected chi connectivity index (χ2v) is 5.35. The summed E-state index contributed by atoms with van der Waals surface area (Å²) in [6.45, 7) is 2.00. The zero-order valence-electron chi connectivity index (χ0n) is 9.87. The van der Waals surface area contributed by atoms with Crippen molar-refractivity contribution < 1.29 is 4.79 Å². The molecular formula is C14H16BrNO. The van der Waals surface area contributed by atoms with Crippen molar-refractivity contribution in [3.63, 3.8) is 0 Å². The summed E-state index contributed by atoms with van der Waals surface area (Å²) in [4.78, 5) is 12.0. The molecule has 0 heterocycles. The number of benzene rings is 1. The van der Waals surface area contributed by atoms with E-state index in [4.69, 9.17) is 0 Å². The summed E-state index contributed by atoms with van der Waals surface area (Å²) < 4.78 is 1.04. The summed E-state index contributed by atoms with van der Waals surface area (Å²) in [6.07, 6.45) is 7.08. The number of hydrogen-bond donors (Lipinski definition) is 1. The monoisotopic (exact) mass is 293 g/mol. The summed E-state index contributed by atoms with van der Waals surface area (Å²) in [6, 6.07) is 5.90. The first-order chi connectivity index (χ1) is 8.16. The number of amides is 1. The maximum absolute atomic E-state index is 12.0. The Morgan fingerprint density at radius 1 is 1.41 bits per heavy atom. The smallest absolute Gasteiger partial charge is 0.227 e. The molecule has 0 radical (unpaired) electrons. The first-order valence-electron chi connectivity index (χ1n) is 5.89. The molecule has 0 aliphatic heterocycles. The molecule has 1 N–H and O–H groups in total. The standard InChI is InChI=1S/C14H16BrNO/c1-10-9-12(15)7-8-13(10)16-14(17)11-5-3-2-4-6-11/h2-3,7-9,11H,4-6H2,1H3,(H,16,17)/t11-/m0/s1. The Bertz CT molecular complexity index is 454. The lowest BCUT2D eigenvalue weighted by Crippen LogP contribution is -2.23. The second-order valence-electron chi connectivity index (χ2n) is 4.43. The van der Waals surface area contributed by atoms with Crippen LogP contribution in [0.25, 0.3) is 0 Å². The fraction of sp³-hybridized carbons (Fsp3) is 0.357. The minimum absolute atomic E-state index is 0.128. The van der Waals surface area contributed by atoms with E-state index in [1.165, 1.54) is 0 Å². The van der Waals surface area contributed by atoms with Crippen LogP contribution in [0.2, 0.25) is 0 Å². The number of hydrogen-bond acceptors (Lipinski definition) is 1. The van der Waals surface area contributed by atoms with Crippen LogP contribution in [0.15, 0.2) is 34.8 Å². The van der Waals surface area contributed by atoms with E-state index in [0.29, 0.717) is 0 Å². The predicted molar refractivity (Wildman–Crippen MR) is 74.0 cm³/mol. The van der Waals surface area contributed by atoms with Gasteiger partial charge < -0.3 is 5.32 Å². The van der Waals surface area contributed by atoms with Gasteiger partial charge in [-0.15, -0.1) is 0 Å². The predicted octanol–water partition coefficient (Wildman–Crippen LogP) is 4.05. The lowest BCUT2D eigenvalue weighted by Gasteiger charge is -2.18. The van der Waals surface area contributed by atoms with E-state index < -0.39 is 0 Å². The van der Waals surface area contributed by atoms with Crippen LogP contribution in [0.5, 0.6) is 0 Å². The van der Waals surface area contributed by atoms with Crippen molar-refractivity contribution in [2.24, 2.45) is 5.92 Å². The number of aryl methyl sites for hydroxylation is 1. The van der Waals surface area contributed by atoms with Gasteiger partial charge in [-0.3, -0.25) is 4.79 Å². The minimum atomic E-state index is 0.128. The molecule has 1 amide bonds. The van der Waals surface area contributed by atoms with Crippen molar-refractivity contribution in [2.45, 2.75) is 26.2 Å². The van der Waals surface area contributed by atoms with Crippen molar-refractivity contribution in [3.05, 3.63) is 40.4 Å². The molecule has 0 fully saturated rings. The van der Waals surface area contributed by atoms with Gasteiger partial charge >= 0.3 is 0 Å². The highest BCUT2D eigenvalue weighted by molar-refractivity contribution is 9.10. The van der Waals surface area contributed by atoms with Crippen molar-refractivity contribution in [2.75, 3.05) is 5.32 Å². The largest absolute Gasteiger partial charge is 0.326 e. The summed E-state index contributed by atoms with van der Waals surface area (Å²) in [5, 5.41) is 3.01. The summed E-state index contributed by atoms with van der Waals surface area (Å²) >= 11 is 3.42. The van der Waals surface area contributed by atoms with Gasteiger partial charge in [0.1, 0.15) is 0 Å². The van der Waals surface area contributed by atoms with Crippen LogP contribution in [0.3, 0.4) is 0 Å². The molecule has 0 saturated heterocycles. The molecule has 2 nitrogen and oxygen atoms in total. The third-order valence-electron chi connectivity index (χ3n) is 3.09. The van der Waals surface area contributed by atoms with Crippen LogP contribution in [0.4, 0.5) is 5.69 Å². The number of halogens is 1. The SMILES string of the molecule is Cc1cc(Br)ccc1NC(=O)[C@H]1CC=CCC1. The van der Waals surface area contributed by atoms with Gasteiger partial charge in [-0.05, 0) is 49.9 Å². The molecular weight excluding hydrogens is 278 g/mol. The van der Waals surface area contributed by atoms with Crippen LogP contribution in [-0.4, -0.2) is 5.91 Å². The van der Waals surface area contributed by atoms with Crippen LogP contribution in [0.1, 0.15) is 24.8 Å². The zero-order valence-corrected chi connectivity index (χ0v) is 11.5. The molecule has 0 saturated carbocycles. The molecule has 0 unspecified atom stereocenters. The van der Waals surface area contributed by atoms with E-state index in [0.717, 1.165) is 35.0 Å². The van der Waals surface area contributed by atoms with Gasteiger partial charge in [0, 0.05) is 16.1 Å². The zero-order chi connectivity index (χ0) is 12.3. The molecule has 1 atom stereocenters. The quantitative estimate of drug-likeness (QED) is 0.819. The van der Waals surface area contributed by atoms with Crippen LogP contribution >= 0.6 is 15.9 Å². The van der Waals surface area contributed by atoms with E-state index in [9.17, 15) is 4.79 Å². The van der Waals surface area contributed by atoms with Gasteiger partial charge in [-0.2, -0.15) is 0 Å². The average Bonchev–Trinajstić information content (AvgIpc) is 2.34. The minimum Gasteiger partial charge on any atom is -0.326 e. The van der Waals surface area contributed by atoms with Crippen molar-refractivity contribution in [1.82, 2.24) is 0 Å². The fourth-order valence-electron chi connectivity index (χ4n) is 2.03. The molecule has 1 aliphatic carbocycles. The average molecular weight is 294 g/mol. The first-order valence-corrected chi connectivity index (χ1v) is 6.68. The first kappa shape index (κ1) is 12.4. The van der Waals surface area contributed by atoms with E-state index in [1.54, 1.807) is 0 Å². The number of carbonyl (C=O) groups excluding carboxylic acids is 1. The van der Waals surface area contributed by atoms with Crippen LogP contribution < -0.4 is 5.32 Å². The summed E-state index contributed by atoms with van der Waals surface area (Å²) in [7, 11) is 0. The molecule has 0 aromatic heterocycles. The highest BCUT2D eigenvalue weighted by atomic mass is 79.9. The number of anilines is 1. The van der Waals surface area contributed by atoms with Crippen molar-refractivity contribution in [1.29, 1.82) is 0 Å². The molecule has 3 heteroatoms. The third-order valence-corrected chi connectivity index (χ3v) is 3.58. The molecule has 2 rings (SSSR count). The van der Waals surface area contributed by atoms with Crippen molar-refractivity contribution in [3.8, 4) is 0 Å². The van der Waals surface area contributed by atoms with Gasteiger partial charge in [0.15, 0.2) is 0 Å². The fourth-order valence-corrected chi connectivity index (χ4v) is 2.51. The maximum Gasteiger partial charge on any atom is 0.227 e. The lowest BCUT2D eigenvalue weighted by atomic mass is 9.93. The molecule has 90 valence electrons. The number of nitrogens with one attached hydrogen (secondary N) is 1. The Balaban J connectivity index is 2.05. The number of rotatable bonds is 2.